The molecule has 0 radical (unpaired) electrons. The minimum atomic E-state index is -0.509. The molecule has 31 heavy (non-hydrogen) atoms. The molecule has 1 aliphatic rings. The molecule has 0 saturated heterocycles. The van der Waals surface area contributed by atoms with Crippen LogP contribution < -0.4 is 5.32 Å². The lowest BCUT2D eigenvalue weighted by Gasteiger charge is -2.45. The molecule has 0 bridgehead atoms. The molecule has 162 valence electrons. The van der Waals surface area contributed by atoms with E-state index in [-0.39, 0.29) is 11.6 Å². The summed E-state index contributed by atoms with van der Waals surface area (Å²) in [6.07, 6.45) is 6.34. The molecule has 4 rings (SSSR count). The summed E-state index contributed by atoms with van der Waals surface area (Å²) in [5.41, 5.74) is 4.01. The molecule has 1 heterocycles. The number of nitrogens with one attached hydrogen (secondary N) is 2. The quantitative estimate of drug-likeness (QED) is 0.465. The number of nitrogens with zero attached hydrogens (tertiary/aromatic N) is 1. The highest BCUT2D eigenvalue weighted by Crippen LogP contribution is 2.35. The van der Waals surface area contributed by atoms with Crippen molar-refractivity contribution < 1.29 is 9.59 Å². The molecule has 5 heteroatoms. The fourth-order valence-electron chi connectivity index (χ4n) is 4.92. The van der Waals surface area contributed by atoms with E-state index in [0.29, 0.717) is 5.56 Å². The summed E-state index contributed by atoms with van der Waals surface area (Å²) >= 11 is 0. The van der Waals surface area contributed by atoms with Crippen LogP contribution in [0, 0.1) is 6.92 Å². The van der Waals surface area contributed by atoms with E-state index in [2.05, 4.69) is 60.5 Å². The van der Waals surface area contributed by atoms with Gasteiger partial charge in [-0.2, -0.15) is 0 Å². The smallest absolute Gasteiger partial charge is 0.292 e. The first-order chi connectivity index (χ1) is 14.9. The zero-order valence-electron chi connectivity index (χ0n) is 18.6. The molecule has 2 N–H and O–H groups in total. The van der Waals surface area contributed by atoms with Gasteiger partial charge in [-0.05, 0) is 64.8 Å². The van der Waals surface area contributed by atoms with E-state index in [1.54, 1.807) is 6.20 Å². The molecule has 0 aliphatic heterocycles. The maximum absolute atomic E-state index is 12.8. The molecular weight excluding hydrogens is 386 g/mol. The van der Waals surface area contributed by atoms with E-state index < -0.39 is 11.7 Å². The van der Waals surface area contributed by atoms with Crippen molar-refractivity contribution in [3.63, 3.8) is 0 Å². The van der Waals surface area contributed by atoms with Crippen LogP contribution in [0.1, 0.15) is 47.2 Å². The van der Waals surface area contributed by atoms with Crippen LogP contribution >= 0.6 is 0 Å². The number of carbonyl (C=O) groups is 2. The summed E-state index contributed by atoms with van der Waals surface area (Å²) in [6.45, 7) is 2.13. The highest BCUT2D eigenvalue weighted by atomic mass is 16.2. The summed E-state index contributed by atoms with van der Waals surface area (Å²) in [6, 6.07) is 16.3. The number of aromatic nitrogens is 1. The first kappa shape index (κ1) is 21.3. The van der Waals surface area contributed by atoms with Crippen LogP contribution in [0.5, 0.6) is 0 Å². The van der Waals surface area contributed by atoms with Crippen LogP contribution in [0.4, 0.5) is 0 Å². The van der Waals surface area contributed by atoms with Gasteiger partial charge in [-0.1, -0.05) is 48.0 Å². The third-order valence-corrected chi connectivity index (χ3v) is 6.86. The van der Waals surface area contributed by atoms with Crippen molar-refractivity contribution in [1.29, 1.82) is 0 Å². The largest absolute Gasteiger partial charge is 0.360 e. The third-order valence-electron chi connectivity index (χ3n) is 6.86. The van der Waals surface area contributed by atoms with Gasteiger partial charge in [0.15, 0.2) is 0 Å². The molecule has 3 aromatic rings. The van der Waals surface area contributed by atoms with Crippen molar-refractivity contribution in [1.82, 2.24) is 15.2 Å². The standard InChI is InChI=1S/C26H31N3O2/c1-18-7-6-8-19(15-18)16-26(29(2)3)13-11-20(12-14-26)28-25(31)24(30)22-17-27-23-10-5-4-9-21(22)23/h4-10,15,17,20,27H,11-14,16H2,1-3H3,(H,28,31). The predicted molar refractivity (Wildman–Crippen MR) is 124 cm³/mol. The molecule has 1 amide bonds. The first-order valence-corrected chi connectivity index (χ1v) is 11.0. The number of amides is 1. The summed E-state index contributed by atoms with van der Waals surface area (Å²) < 4.78 is 0. The maximum atomic E-state index is 12.8. The van der Waals surface area contributed by atoms with Crippen LogP contribution in [0.25, 0.3) is 10.9 Å². The van der Waals surface area contributed by atoms with Crippen molar-refractivity contribution in [2.24, 2.45) is 0 Å². The molecule has 0 spiro atoms. The number of aryl methyl sites for hydroxylation is 1. The Morgan fingerprint density at radius 3 is 2.55 bits per heavy atom. The Balaban J connectivity index is 1.40. The van der Waals surface area contributed by atoms with E-state index in [1.165, 1.54) is 11.1 Å². The Morgan fingerprint density at radius 2 is 1.84 bits per heavy atom. The van der Waals surface area contributed by atoms with Gasteiger partial charge in [0.2, 0.25) is 0 Å². The van der Waals surface area contributed by atoms with Gasteiger partial charge in [-0.3, -0.25) is 9.59 Å². The number of Topliss-reactive ketones (excluding diaryl/α,β-unsaturated/α-hetero) is 1. The summed E-state index contributed by atoms with van der Waals surface area (Å²) in [4.78, 5) is 30.9. The van der Waals surface area contributed by atoms with Gasteiger partial charge < -0.3 is 15.2 Å². The van der Waals surface area contributed by atoms with Crippen molar-refractivity contribution >= 4 is 22.6 Å². The van der Waals surface area contributed by atoms with Crippen molar-refractivity contribution in [3.05, 3.63) is 71.4 Å². The minimum absolute atomic E-state index is 0.0345. The van der Waals surface area contributed by atoms with E-state index >= 15 is 0 Å². The fourth-order valence-corrected chi connectivity index (χ4v) is 4.92. The molecule has 5 nitrogen and oxygen atoms in total. The second kappa shape index (κ2) is 8.67. The van der Waals surface area contributed by atoms with E-state index in [9.17, 15) is 9.59 Å². The Morgan fingerprint density at radius 1 is 1.10 bits per heavy atom. The van der Waals surface area contributed by atoms with E-state index in [0.717, 1.165) is 43.0 Å². The molecule has 0 unspecified atom stereocenters. The van der Waals surface area contributed by atoms with Gasteiger partial charge in [-0.25, -0.2) is 0 Å². The van der Waals surface area contributed by atoms with Gasteiger partial charge in [0.25, 0.3) is 11.7 Å². The zero-order valence-corrected chi connectivity index (χ0v) is 18.6. The van der Waals surface area contributed by atoms with Crippen LogP contribution in [0.15, 0.2) is 54.7 Å². The monoisotopic (exact) mass is 417 g/mol. The number of para-hydroxylation sites is 1. The SMILES string of the molecule is Cc1cccc(CC2(N(C)C)CCC(NC(=O)C(=O)c3c[nH]c4ccccc34)CC2)c1. The van der Waals surface area contributed by atoms with Gasteiger partial charge in [-0.15, -0.1) is 0 Å². The lowest BCUT2D eigenvalue weighted by molar-refractivity contribution is -0.118. The Labute approximate surface area is 183 Å². The van der Waals surface area contributed by atoms with E-state index in [4.69, 9.17) is 0 Å². The fraction of sp³-hybridized carbons (Fsp3) is 0.385. The number of benzene rings is 2. The van der Waals surface area contributed by atoms with Crippen LogP contribution in [0.3, 0.4) is 0 Å². The minimum Gasteiger partial charge on any atom is -0.360 e. The van der Waals surface area contributed by atoms with Gasteiger partial charge in [0.05, 0.1) is 5.56 Å². The molecule has 2 aromatic carbocycles. The number of H-pyrrole nitrogens is 1. The van der Waals surface area contributed by atoms with E-state index in [1.807, 2.05) is 24.3 Å². The van der Waals surface area contributed by atoms with Crippen molar-refractivity contribution in [2.45, 2.75) is 50.6 Å². The van der Waals surface area contributed by atoms with Crippen LogP contribution in [0.2, 0.25) is 0 Å². The number of hydrogen-bond donors (Lipinski definition) is 2. The second-order valence-corrected chi connectivity index (χ2v) is 9.11. The highest BCUT2D eigenvalue weighted by molar-refractivity contribution is 6.45. The number of aromatic amines is 1. The number of fused-ring (bicyclic) bond motifs is 1. The van der Waals surface area contributed by atoms with Crippen molar-refractivity contribution in [2.75, 3.05) is 14.1 Å². The number of ketones is 1. The van der Waals surface area contributed by atoms with Crippen LogP contribution in [-0.2, 0) is 11.2 Å². The molecule has 0 atom stereocenters. The summed E-state index contributed by atoms with van der Waals surface area (Å²) in [5, 5.41) is 3.79. The van der Waals surface area contributed by atoms with Gasteiger partial charge in [0, 0.05) is 28.7 Å². The zero-order chi connectivity index (χ0) is 22.0. The molecule has 1 fully saturated rings. The summed E-state index contributed by atoms with van der Waals surface area (Å²) in [7, 11) is 4.30. The number of rotatable bonds is 6. The average molecular weight is 418 g/mol. The third kappa shape index (κ3) is 4.42. The Bertz CT molecular complexity index is 1090. The first-order valence-electron chi connectivity index (χ1n) is 11.0. The number of likely N-dealkylation sites (N-methyl/N-ethyl adjacent to an activating group) is 1. The molecular formula is C26H31N3O2. The lowest BCUT2D eigenvalue weighted by Crippen LogP contribution is -2.52. The van der Waals surface area contributed by atoms with Gasteiger partial charge in [0.1, 0.15) is 0 Å². The second-order valence-electron chi connectivity index (χ2n) is 9.11. The van der Waals surface area contributed by atoms with Crippen LogP contribution in [-0.4, -0.2) is 47.3 Å². The molecule has 1 aliphatic carbocycles. The topological polar surface area (TPSA) is 65.2 Å². The number of hydrogen-bond acceptors (Lipinski definition) is 3. The van der Waals surface area contributed by atoms with Gasteiger partial charge >= 0.3 is 0 Å². The predicted octanol–water partition coefficient (Wildman–Crippen LogP) is 4.26. The molecule has 1 aromatic heterocycles. The Hall–Kier alpha value is -2.92. The summed E-state index contributed by atoms with van der Waals surface area (Å²) in [5.74, 6) is -0.979. The van der Waals surface area contributed by atoms with Crippen molar-refractivity contribution in [3.8, 4) is 0 Å². The maximum Gasteiger partial charge on any atom is 0.292 e. The Kier molecular flexibility index (Phi) is 5.96. The average Bonchev–Trinajstić information content (AvgIpc) is 3.18. The molecule has 1 saturated carbocycles. The number of carbonyl (C=O) groups excluding carboxylic acids is 2. The normalized spacial score (nSPS) is 21.4. The lowest BCUT2D eigenvalue weighted by atomic mass is 9.74. The highest BCUT2D eigenvalue weighted by Gasteiger charge is 2.38.